The molecule has 0 radical (unpaired) electrons. The molecule has 0 bridgehead atoms. The van der Waals surface area contributed by atoms with Crippen molar-refractivity contribution in [3.05, 3.63) is 53.1 Å². The average molecular weight is 327 g/mol. The van der Waals surface area contributed by atoms with E-state index in [1.54, 1.807) is 36.4 Å². The Kier molecular flexibility index (Phi) is 4.59. The number of nitrogen functional groups attached to an aromatic ring is 1. The summed E-state index contributed by atoms with van der Waals surface area (Å²) in [6.45, 7) is 0. The summed E-state index contributed by atoms with van der Waals surface area (Å²) in [5.41, 5.74) is 7.19. The summed E-state index contributed by atoms with van der Waals surface area (Å²) in [5.74, 6) is 0.342. The number of rotatable bonds is 5. The van der Waals surface area contributed by atoms with Crippen molar-refractivity contribution in [1.82, 2.24) is 0 Å². The molecule has 0 aliphatic heterocycles. The molecule has 2 aromatic carbocycles. The molecule has 0 aromatic heterocycles. The minimum atomic E-state index is -3.53. The van der Waals surface area contributed by atoms with Crippen molar-refractivity contribution in [2.24, 2.45) is 0 Å². The average Bonchev–Trinajstić information content (AvgIpc) is 2.41. The minimum absolute atomic E-state index is 0.142. The summed E-state index contributed by atoms with van der Waals surface area (Å²) in [6.07, 6.45) is 0. The maximum Gasteiger partial charge on any atom is 0.236 e. The zero-order valence-electron chi connectivity index (χ0n) is 11.3. The molecule has 0 aliphatic carbocycles. The van der Waals surface area contributed by atoms with Gasteiger partial charge in [-0.2, -0.15) is 0 Å². The molecule has 0 heterocycles. The lowest BCUT2D eigenvalue weighted by molar-refractivity contribution is 0.415. The van der Waals surface area contributed by atoms with Crippen molar-refractivity contribution in [2.45, 2.75) is 5.75 Å². The second kappa shape index (κ2) is 6.24. The number of benzene rings is 2. The largest absolute Gasteiger partial charge is 0.495 e. The predicted molar refractivity (Wildman–Crippen MR) is 85.1 cm³/mol. The van der Waals surface area contributed by atoms with Crippen LogP contribution in [0.5, 0.6) is 5.75 Å². The van der Waals surface area contributed by atoms with E-state index >= 15 is 0 Å². The van der Waals surface area contributed by atoms with Gasteiger partial charge in [0.25, 0.3) is 0 Å². The van der Waals surface area contributed by atoms with Gasteiger partial charge in [0, 0.05) is 5.69 Å². The van der Waals surface area contributed by atoms with Gasteiger partial charge in [-0.3, -0.25) is 4.72 Å². The molecule has 3 N–H and O–H groups in total. The molecule has 7 heteroatoms. The fourth-order valence-corrected chi connectivity index (χ4v) is 3.23. The van der Waals surface area contributed by atoms with Crippen LogP contribution in [0.3, 0.4) is 0 Å². The van der Waals surface area contributed by atoms with Crippen molar-refractivity contribution in [1.29, 1.82) is 0 Å². The van der Waals surface area contributed by atoms with Gasteiger partial charge in [-0.25, -0.2) is 8.42 Å². The molecule has 2 aromatic rings. The van der Waals surface area contributed by atoms with Gasteiger partial charge >= 0.3 is 0 Å². The van der Waals surface area contributed by atoms with E-state index in [1.807, 2.05) is 0 Å². The van der Waals surface area contributed by atoms with E-state index in [1.165, 1.54) is 13.2 Å². The Morgan fingerprint density at radius 3 is 2.43 bits per heavy atom. The first kappa shape index (κ1) is 15.5. The number of hydrogen-bond donors (Lipinski definition) is 2. The van der Waals surface area contributed by atoms with Crippen molar-refractivity contribution >= 4 is 33.0 Å². The van der Waals surface area contributed by atoms with Crippen LogP contribution in [0, 0.1) is 0 Å². The van der Waals surface area contributed by atoms with E-state index in [0.29, 0.717) is 27.7 Å². The Bertz CT molecular complexity index is 730. The molecule has 0 spiro atoms. The number of nitrogens with two attached hydrogens (primary N) is 1. The summed E-state index contributed by atoms with van der Waals surface area (Å²) < 4.78 is 31.7. The fourth-order valence-electron chi connectivity index (χ4n) is 1.78. The number of halogens is 1. The smallest absolute Gasteiger partial charge is 0.236 e. The first-order valence-corrected chi connectivity index (χ1v) is 8.11. The van der Waals surface area contributed by atoms with Crippen LogP contribution in [-0.4, -0.2) is 15.5 Å². The molecule has 0 amide bonds. The highest BCUT2D eigenvalue weighted by molar-refractivity contribution is 7.91. The Morgan fingerprint density at radius 1 is 1.19 bits per heavy atom. The summed E-state index contributed by atoms with van der Waals surface area (Å²) in [4.78, 5) is 0. The van der Waals surface area contributed by atoms with Gasteiger partial charge in [0.05, 0.1) is 23.6 Å². The van der Waals surface area contributed by atoms with Crippen LogP contribution in [0.15, 0.2) is 42.5 Å². The number of anilines is 2. The first-order valence-electron chi connectivity index (χ1n) is 6.08. The molecule has 5 nitrogen and oxygen atoms in total. The van der Waals surface area contributed by atoms with Crippen LogP contribution in [0.1, 0.15) is 5.56 Å². The SMILES string of the molecule is COc1ccc(NS(=O)(=O)Cc2ccc(N)cc2)cc1Cl. The number of sulfonamides is 1. The van der Waals surface area contributed by atoms with Gasteiger partial charge in [-0.1, -0.05) is 23.7 Å². The third-order valence-electron chi connectivity index (χ3n) is 2.76. The van der Waals surface area contributed by atoms with Gasteiger partial charge in [0.2, 0.25) is 10.0 Å². The molecule has 0 unspecified atom stereocenters. The second-order valence-corrected chi connectivity index (χ2v) is 6.58. The van der Waals surface area contributed by atoms with Crippen LogP contribution >= 0.6 is 11.6 Å². The molecular weight excluding hydrogens is 312 g/mol. The van der Waals surface area contributed by atoms with Crippen LogP contribution < -0.4 is 15.2 Å². The van der Waals surface area contributed by atoms with E-state index in [2.05, 4.69) is 4.72 Å². The topological polar surface area (TPSA) is 81.4 Å². The van der Waals surface area contributed by atoms with E-state index in [4.69, 9.17) is 22.1 Å². The van der Waals surface area contributed by atoms with Crippen molar-refractivity contribution in [3.63, 3.8) is 0 Å². The molecule has 2 rings (SSSR count). The Labute approximate surface area is 128 Å². The minimum Gasteiger partial charge on any atom is -0.495 e. The molecule has 0 saturated carbocycles. The summed E-state index contributed by atoms with van der Waals surface area (Å²) >= 11 is 5.96. The second-order valence-electron chi connectivity index (χ2n) is 4.45. The maximum absolute atomic E-state index is 12.1. The Balaban J connectivity index is 2.13. The lowest BCUT2D eigenvalue weighted by Gasteiger charge is -2.10. The van der Waals surface area contributed by atoms with Crippen LogP contribution in [0.25, 0.3) is 0 Å². The number of nitrogens with one attached hydrogen (secondary N) is 1. The van der Waals surface area contributed by atoms with E-state index in [0.717, 1.165) is 0 Å². The highest BCUT2D eigenvalue weighted by Gasteiger charge is 2.13. The van der Waals surface area contributed by atoms with Gasteiger partial charge in [0.1, 0.15) is 5.75 Å². The third-order valence-corrected chi connectivity index (χ3v) is 4.32. The maximum atomic E-state index is 12.1. The van der Waals surface area contributed by atoms with Gasteiger partial charge in [-0.05, 0) is 35.9 Å². The van der Waals surface area contributed by atoms with E-state index < -0.39 is 10.0 Å². The van der Waals surface area contributed by atoms with Gasteiger partial charge < -0.3 is 10.5 Å². The summed E-state index contributed by atoms with van der Waals surface area (Å²) in [6, 6.07) is 11.4. The predicted octanol–water partition coefficient (Wildman–Crippen LogP) is 2.87. The monoisotopic (exact) mass is 326 g/mol. The van der Waals surface area contributed by atoms with E-state index in [9.17, 15) is 8.42 Å². The van der Waals surface area contributed by atoms with Crippen LogP contribution in [-0.2, 0) is 15.8 Å². The fraction of sp³-hybridized carbons (Fsp3) is 0.143. The molecule has 112 valence electrons. The van der Waals surface area contributed by atoms with Crippen molar-refractivity contribution < 1.29 is 13.2 Å². The molecule has 21 heavy (non-hydrogen) atoms. The quantitative estimate of drug-likeness (QED) is 0.828. The molecule has 0 saturated heterocycles. The van der Waals surface area contributed by atoms with Crippen LogP contribution in [0.2, 0.25) is 5.02 Å². The molecule has 0 aliphatic rings. The molecule has 0 fully saturated rings. The number of methoxy groups -OCH3 is 1. The zero-order chi connectivity index (χ0) is 15.5. The normalized spacial score (nSPS) is 11.1. The molecular formula is C14H15ClN2O3S. The number of ether oxygens (including phenoxy) is 1. The zero-order valence-corrected chi connectivity index (χ0v) is 12.9. The van der Waals surface area contributed by atoms with Crippen molar-refractivity contribution in [2.75, 3.05) is 17.6 Å². The van der Waals surface area contributed by atoms with Gasteiger partial charge in [-0.15, -0.1) is 0 Å². The van der Waals surface area contributed by atoms with Crippen molar-refractivity contribution in [3.8, 4) is 5.75 Å². The summed E-state index contributed by atoms with van der Waals surface area (Å²) in [7, 11) is -2.03. The Hall–Kier alpha value is -1.92. The first-order chi connectivity index (χ1) is 9.89. The third kappa shape index (κ3) is 4.27. The lowest BCUT2D eigenvalue weighted by atomic mass is 10.2. The highest BCUT2D eigenvalue weighted by Crippen LogP contribution is 2.27. The number of hydrogen-bond acceptors (Lipinski definition) is 4. The van der Waals surface area contributed by atoms with Crippen LogP contribution in [0.4, 0.5) is 11.4 Å². The highest BCUT2D eigenvalue weighted by atomic mass is 35.5. The Morgan fingerprint density at radius 2 is 1.86 bits per heavy atom. The molecule has 0 atom stereocenters. The standard InChI is InChI=1S/C14H15ClN2O3S/c1-20-14-7-6-12(8-13(14)15)17-21(18,19)9-10-2-4-11(16)5-3-10/h2-8,17H,9,16H2,1H3. The lowest BCUT2D eigenvalue weighted by Crippen LogP contribution is -2.15. The van der Waals surface area contributed by atoms with Gasteiger partial charge in [0.15, 0.2) is 0 Å². The summed E-state index contributed by atoms with van der Waals surface area (Å²) in [5, 5.41) is 0.338. The van der Waals surface area contributed by atoms with E-state index in [-0.39, 0.29) is 5.75 Å².